The van der Waals surface area contributed by atoms with Crippen molar-refractivity contribution in [2.24, 2.45) is 0 Å². The highest BCUT2D eigenvalue weighted by Crippen LogP contribution is 2.40. The van der Waals surface area contributed by atoms with E-state index in [1.165, 1.54) is 0 Å². The molecular weight excluding hydrogens is 556 g/mol. The van der Waals surface area contributed by atoms with Crippen LogP contribution in [0.25, 0.3) is 11.4 Å². The van der Waals surface area contributed by atoms with E-state index in [2.05, 4.69) is 15.6 Å². The number of carbonyl (C=O) groups excluding carboxylic acids is 1. The predicted molar refractivity (Wildman–Crippen MR) is 168 cm³/mol. The summed E-state index contributed by atoms with van der Waals surface area (Å²) < 4.78 is 19.4. The van der Waals surface area contributed by atoms with Crippen molar-refractivity contribution >= 4 is 17.5 Å². The van der Waals surface area contributed by atoms with Gasteiger partial charge in [0.25, 0.3) is 5.91 Å². The molecule has 6 rings (SSSR count). The molecule has 1 aliphatic rings. The van der Waals surface area contributed by atoms with Gasteiger partial charge in [-0.2, -0.15) is 4.98 Å². The summed E-state index contributed by atoms with van der Waals surface area (Å²) in [4.78, 5) is 23.0. The molecule has 0 fully saturated rings. The second-order valence-corrected chi connectivity index (χ2v) is 10.1. The van der Waals surface area contributed by atoms with Gasteiger partial charge in [0.05, 0.1) is 25.0 Å². The molecule has 3 aromatic carbocycles. The number of rotatable bonds is 10. The average Bonchev–Trinajstić information content (AvgIpc) is 3.48. The lowest BCUT2D eigenvalue weighted by atomic mass is 9.94. The summed E-state index contributed by atoms with van der Waals surface area (Å²) in [5, 5.41) is 11.2. The Kier molecular flexibility index (Phi) is 8.22. The molecule has 1 amide bonds. The van der Waals surface area contributed by atoms with Crippen LogP contribution in [-0.4, -0.2) is 39.4 Å². The third-order valence-electron chi connectivity index (χ3n) is 7.19. The highest BCUT2D eigenvalue weighted by Gasteiger charge is 2.35. The van der Waals surface area contributed by atoms with Crippen molar-refractivity contribution in [2.45, 2.75) is 26.5 Å². The molecule has 0 saturated heterocycles. The lowest BCUT2D eigenvalue weighted by molar-refractivity contribution is -0.113. The number of para-hydroxylation sites is 2. The van der Waals surface area contributed by atoms with E-state index in [0.29, 0.717) is 59.2 Å². The zero-order valence-electron chi connectivity index (χ0n) is 24.7. The lowest BCUT2D eigenvalue weighted by Crippen LogP contribution is -2.31. The Bertz CT molecular complexity index is 1800. The van der Waals surface area contributed by atoms with Crippen molar-refractivity contribution in [1.82, 2.24) is 19.7 Å². The molecule has 0 aliphatic carbocycles. The fraction of sp³-hybridized carbons (Fsp3) is 0.176. The summed E-state index contributed by atoms with van der Waals surface area (Å²) in [6.45, 7) is 4.60. The van der Waals surface area contributed by atoms with E-state index < -0.39 is 6.04 Å². The van der Waals surface area contributed by atoms with Crippen LogP contribution in [0.15, 0.2) is 109 Å². The standard InChI is InChI=1S/C34H32N6O4/c1-4-43-29-19-24(16-17-28(29)44-21-23-11-6-5-7-12-23)31-30(33(41)37-26-14-8-9-15-27(26)42-3)22(2)36-34-38-32(39-40(31)34)25-13-10-18-35-20-25/h5-20,31H,4,21H2,1-3H3,(H,37,41)(H,36,38,39). The molecular formula is C34H32N6O4. The number of fused-ring (bicyclic) bond motifs is 1. The number of carbonyl (C=O) groups is 1. The number of allylic oxidation sites excluding steroid dienone is 1. The third kappa shape index (κ3) is 5.82. The summed E-state index contributed by atoms with van der Waals surface area (Å²) in [7, 11) is 1.57. The Morgan fingerprint density at radius 3 is 2.55 bits per heavy atom. The van der Waals surface area contributed by atoms with Gasteiger partial charge in [0.1, 0.15) is 18.4 Å². The Morgan fingerprint density at radius 1 is 0.955 bits per heavy atom. The normalized spacial score (nSPS) is 13.9. The Morgan fingerprint density at radius 2 is 1.77 bits per heavy atom. The highest BCUT2D eigenvalue weighted by molar-refractivity contribution is 6.06. The number of anilines is 2. The monoisotopic (exact) mass is 588 g/mol. The van der Waals surface area contributed by atoms with E-state index in [1.807, 2.05) is 86.6 Å². The van der Waals surface area contributed by atoms with Gasteiger partial charge in [-0.25, -0.2) is 4.68 Å². The number of hydrogen-bond acceptors (Lipinski definition) is 8. The van der Waals surface area contributed by atoms with Gasteiger partial charge in [0.15, 0.2) is 17.3 Å². The molecule has 0 radical (unpaired) electrons. The van der Waals surface area contributed by atoms with Crippen LogP contribution in [0.5, 0.6) is 17.2 Å². The fourth-order valence-electron chi connectivity index (χ4n) is 5.13. The number of benzene rings is 3. The number of pyridine rings is 1. The van der Waals surface area contributed by atoms with E-state index >= 15 is 0 Å². The molecule has 0 bridgehead atoms. The van der Waals surface area contributed by atoms with Crippen molar-refractivity contribution in [1.29, 1.82) is 0 Å². The number of ether oxygens (including phenoxy) is 3. The SMILES string of the molecule is CCOc1cc(C2C(C(=O)Nc3ccccc3OC)=C(C)Nc3nc(-c4cccnc4)nn32)ccc1OCc1ccccc1. The van der Waals surface area contributed by atoms with E-state index in [-0.39, 0.29) is 5.91 Å². The molecule has 1 unspecified atom stereocenters. The van der Waals surface area contributed by atoms with Crippen LogP contribution in [0, 0.1) is 0 Å². The van der Waals surface area contributed by atoms with Crippen LogP contribution in [0.1, 0.15) is 31.0 Å². The zero-order valence-corrected chi connectivity index (χ0v) is 24.7. The number of amides is 1. The van der Waals surface area contributed by atoms with Crippen molar-refractivity contribution < 1.29 is 19.0 Å². The third-order valence-corrected chi connectivity index (χ3v) is 7.19. The van der Waals surface area contributed by atoms with Gasteiger partial charge in [0.2, 0.25) is 5.95 Å². The molecule has 1 aliphatic heterocycles. The molecule has 3 heterocycles. The second kappa shape index (κ2) is 12.7. The van der Waals surface area contributed by atoms with Gasteiger partial charge in [0, 0.05) is 23.7 Å². The Balaban J connectivity index is 1.42. The zero-order chi connectivity index (χ0) is 30.5. The van der Waals surface area contributed by atoms with Gasteiger partial charge in [-0.1, -0.05) is 48.5 Å². The Labute approximate surface area is 255 Å². The van der Waals surface area contributed by atoms with Crippen molar-refractivity contribution in [3.05, 3.63) is 120 Å². The maximum Gasteiger partial charge on any atom is 0.255 e. The van der Waals surface area contributed by atoms with Crippen molar-refractivity contribution in [3.8, 4) is 28.6 Å². The number of hydrogen-bond donors (Lipinski definition) is 2. The molecule has 1 atom stereocenters. The second-order valence-electron chi connectivity index (χ2n) is 10.1. The summed E-state index contributed by atoms with van der Waals surface area (Å²) in [6, 6.07) is 26.0. The van der Waals surface area contributed by atoms with Crippen LogP contribution in [0.2, 0.25) is 0 Å². The number of aromatic nitrogens is 4. The molecule has 2 aromatic heterocycles. The number of nitrogens with zero attached hydrogens (tertiary/aromatic N) is 4. The summed E-state index contributed by atoms with van der Waals surface area (Å²) >= 11 is 0. The molecule has 0 saturated carbocycles. The highest BCUT2D eigenvalue weighted by atomic mass is 16.5. The first-order valence-electron chi connectivity index (χ1n) is 14.3. The van der Waals surface area contributed by atoms with E-state index in [1.54, 1.807) is 36.3 Å². The molecule has 44 heavy (non-hydrogen) atoms. The van der Waals surface area contributed by atoms with Crippen molar-refractivity contribution in [2.75, 3.05) is 24.4 Å². The molecule has 222 valence electrons. The van der Waals surface area contributed by atoms with Crippen LogP contribution in [-0.2, 0) is 11.4 Å². The average molecular weight is 589 g/mol. The minimum absolute atomic E-state index is 0.309. The van der Waals surface area contributed by atoms with Gasteiger partial charge in [-0.3, -0.25) is 9.78 Å². The quantitative estimate of drug-likeness (QED) is 0.197. The summed E-state index contributed by atoms with van der Waals surface area (Å²) in [5.41, 5.74) is 4.23. The lowest BCUT2D eigenvalue weighted by Gasteiger charge is -2.29. The van der Waals surface area contributed by atoms with E-state index in [9.17, 15) is 4.79 Å². The maximum absolute atomic E-state index is 14.1. The smallest absolute Gasteiger partial charge is 0.255 e. The summed E-state index contributed by atoms with van der Waals surface area (Å²) in [5.74, 6) is 2.40. The number of nitrogens with one attached hydrogen (secondary N) is 2. The predicted octanol–water partition coefficient (Wildman–Crippen LogP) is 6.25. The molecule has 10 heteroatoms. The van der Waals surface area contributed by atoms with Crippen LogP contribution in [0.4, 0.5) is 11.6 Å². The number of methoxy groups -OCH3 is 1. The first-order valence-corrected chi connectivity index (χ1v) is 14.3. The first-order chi connectivity index (χ1) is 21.6. The van der Waals surface area contributed by atoms with Crippen LogP contribution in [0.3, 0.4) is 0 Å². The Hall–Kier alpha value is -5.64. The van der Waals surface area contributed by atoms with E-state index in [4.69, 9.17) is 24.3 Å². The molecule has 5 aromatic rings. The largest absolute Gasteiger partial charge is 0.495 e. The van der Waals surface area contributed by atoms with Gasteiger partial charge >= 0.3 is 0 Å². The van der Waals surface area contributed by atoms with Gasteiger partial charge in [-0.05, 0) is 61.4 Å². The van der Waals surface area contributed by atoms with Gasteiger partial charge < -0.3 is 24.8 Å². The first kappa shape index (κ1) is 28.5. The molecule has 2 N–H and O–H groups in total. The topological polar surface area (TPSA) is 112 Å². The van der Waals surface area contributed by atoms with E-state index in [0.717, 1.165) is 16.7 Å². The van der Waals surface area contributed by atoms with Crippen LogP contribution >= 0.6 is 0 Å². The van der Waals surface area contributed by atoms with Crippen molar-refractivity contribution in [3.63, 3.8) is 0 Å². The molecule has 0 spiro atoms. The fourth-order valence-corrected chi connectivity index (χ4v) is 5.13. The summed E-state index contributed by atoms with van der Waals surface area (Å²) in [6.07, 6.45) is 3.40. The minimum atomic E-state index is -0.638. The maximum atomic E-state index is 14.1. The van der Waals surface area contributed by atoms with Crippen LogP contribution < -0.4 is 24.8 Å². The van der Waals surface area contributed by atoms with Gasteiger partial charge in [-0.15, -0.1) is 5.10 Å². The molecule has 10 nitrogen and oxygen atoms in total. The minimum Gasteiger partial charge on any atom is -0.495 e.